The summed E-state index contributed by atoms with van der Waals surface area (Å²) in [5.74, 6) is 0.808. The van der Waals surface area contributed by atoms with E-state index in [1.54, 1.807) is 0 Å². The van der Waals surface area contributed by atoms with E-state index in [4.69, 9.17) is 4.84 Å². The minimum Gasteiger partial charge on any atom is -0.389 e. The number of aryl methyl sites for hydroxylation is 1. The van der Waals surface area contributed by atoms with Crippen LogP contribution in [0.1, 0.15) is 68.9 Å². The number of benzene rings is 1. The minimum absolute atomic E-state index is 0.149. The summed E-state index contributed by atoms with van der Waals surface area (Å²) in [4.78, 5) is 23.1. The van der Waals surface area contributed by atoms with Gasteiger partial charge in [-0.25, -0.2) is 0 Å². The lowest BCUT2D eigenvalue weighted by Gasteiger charge is -2.25. The van der Waals surface area contributed by atoms with Gasteiger partial charge in [-0.15, -0.1) is 0 Å². The van der Waals surface area contributed by atoms with Crippen LogP contribution in [0.25, 0.3) is 11.3 Å². The molecule has 0 saturated carbocycles. The fraction of sp³-hybridized carbons (Fsp3) is 0.458. The summed E-state index contributed by atoms with van der Waals surface area (Å²) < 4.78 is 0. The molecule has 1 atom stereocenters. The molecule has 0 radical (unpaired) electrons. The van der Waals surface area contributed by atoms with Crippen LogP contribution < -0.4 is 0 Å². The second-order valence-corrected chi connectivity index (χ2v) is 8.81. The standard InChI is InChI=1S/C24H30N2O2/c1-15(2)9-23(27)20-11-18(21-8-7-17(5)14-25-21)10-19(12-20)22-13-24(6,16(3)4)28-26-22/h7-8,10-12,14-16H,9,13H2,1-6H3. The van der Waals surface area contributed by atoms with Crippen LogP contribution in [0, 0.1) is 18.8 Å². The second-order valence-electron chi connectivity index (χ2n) is 8.81. The number of ketones is 1. The number of carbonyl (C=O) groups is 1. The largest absolute Gasteiger partial charge is 0.389 e. The van der Waals surface area contributed by atoms with Crippen LogP contribution in [0.2, 0.25) is 0 Å². The van der Waals surface area contributed by atoms with Gasteiger partial charge in [-0.3, -0.25) is 9.78 Å². The fourth-order valence-electron chi connectivity index (χ4n) is 3.25. The highest BCUT2D eigenvalue weighted by molar-refractivity contribution is 6.06. The highest BCUT2D eigenvalue weighted by Gasteiger charge is 2.38. The Kier molecular flexibility index (Phi) is 5.69. The lowest BCUT2D eigenvalue weighted by atomic mass is 9.85. The monoisotopic (exact) mass is 378 g/mol. The molecule has 3 rings (SSSR count). The van der Waals surface area contributed by atoms with Crippen LogP contribution in [0.4, 0.5) is 0 Å². The molecule has 2 aromatic rings. The quantitative estimate of drug-likeness (QED) is 0.595. The maximum Gasteiger partial charge on any atom is 0.163 e. The molecule has 0 saturated heterocycles. The van der Waals surface area contributed by atoms with Crippen LogP contribution in [0.15, 0.2) is 41.7 Å². The van der Waals surface area contributed by atoms with Crippen molar-refractivity contribution in [2.24, 2.45) is 17.0 Å². The molecule has 0 bridgehead atoms. The third kappa shape index (κ3) is 4.32. The summed E-state index contributed by atoms with van der Waals surface area (Å²) in [7, 11) is 0. The molecule has 1 aliphatic heterocycles. The van der Waals surface area contributed by atoms with Crippen molar-refractivity contribution in [3.63, 3.8) is 0 Å². The first-order valence-corrected chi connectivity index (χ1v) is 10.0. The summed E-state index contributed by atoms with van der Waals surface area (Å²) >= 11 is 0. The number of hydrogen-bond donors (Lipinski definition) is 0. The number of hydrogen-bond acceptors (Lipinski definition) is 4. The Bertz CT molecular complexity index is 897. The van der Waals surface area contributed by atoms with Gasteiger partial charge in [0.25, 0.3) is 0 Å². The van der Waals surface area contributed by atoms with Crippen LogP contribution in [0.3, 0.4) is 0 Å². The molecule has 0 spiro atoms. The molecule has 0 aliphatic carbocycles. The Morgan fingerprint density at radius 1 is 1.14 bits per heavy atom. The van der Waals surface area contributed by atoms with E-state index >= 15 is 0 Å². The van der Waals surface area contributed by atoms with E-state index in [9.17, 15) is 4.79 Å². The summed E-state index contributed by atoms with van der Waals surface area (Å²) in [6.45, 7) is 12.5. The normalized spacial score (nSPS) is 19.1. The van der Waals surface area contributed by atoms with E-state index in [1.165, 1.54) is 0 Å². The first-order valence-electron chi connectivity index (χ1n) is 10.0. The highest BCUT2D eigenvalue weighted by atomic mass is 16.7. The summed E-state index contributed by atoms with van der Waals surface area (Å²) in [5, 5.41) is 4.38. The van der Waals surface area contributed by atoms with Gasteiger partial charge in [0.2, 0.25) is 0 Å². The molecule has 4 heteroatoms. The smallest absolute Gasteiger partial charge is 0.163 e. The third-order valence-corrected chi connectivity index (χ3v) is 5.49. The number of aromatic nitrogens is 1. The van der Waals surface area contributed by atoms with E-state index in [0.717, 1.165) is 34.5 Å². The highest BCUT2D eigenvalue weighted by Crippen LogP contribution is 2.34. The summed E-state index contributed by atoms with van der Waals surface area (Å²) in [6.07, 6.45) is 3.10. The minimum atomic E-state index is -0.310. The van der Waals surface area contributed by atoms with E-state index < -0.39 is 0 Å². The van der Waals surface area contributed by atoms with Crippen LogP contribution in [0.5, 0.6) is 0 Å². The SMILES string of the molecule is Cc1ccc(-c2cc(C(=O)CC(C)C)cc(C3=NOC(C)(C(C)C)C3)c2)nc1. The zero-order valence-corrected chi connectivity index (χ0v) is 17.7. The molecule has 1 aromatic heterocycles. The molecule has 2 heterocycles. The molecule has 0 amide bonds. The van der Waals surface area contributed by atoms with Gasteiger partial charge in [-0.1, -0.05) is 38.9 Å². The number of Topliss-reactive ketones (excluding diaryl/α,β-unsaturated/α-hetero) is 1. The van der Waals surface area contributed by atoms with E-state index in [0.29, 0.717) is 23.8 Å². The Morgan fingerprint density at radius 3 is 2.43 bits per heavy atom. The Labute approximate surface area is 168 Å². The molecule has 1 aliphatic rings. The summed E-state index contributed by atoms with van der Waals surface area (Å²) in [6, 6.07) is 10.0. The van der Waals surface area contributed by atoms with E-state index in [-0.39, 0.29) is 11.4 Å². The fourth-order valence-corrected chi connectivity index (χ4v) is 3.25. The molecule has 0 N–H and O–H groups in total. The molecule has 28 heavy (non-hydrogen) atoms. The summed E-state index contributed by atoms with van der Waals surface area (Å²) in [5.41, 5.74) is 5.14. The molecule has 1 unspecified atom stereocenters. The second kappa shape index (κ2) is 7.86. The topological polar surface area (TPSA) is 51.5 Å². The molecule has 148 valence electrons. The molecular formula is C24H30N2O2. The third-order valence-electron chi connectivity index (χ3n) is 5.49. The number of pyridine rings is 1. The average Bonchev–Trinajstić information content (AvgIpc) is 3.05. The lowest BCUT2D eigenvalue weighted by Crippen LogP contribution is -2.31. The molecule has 0 fully saturated rings. The van der Waals surface area contributed by atoms with Crippen LogP contribution in [-0.4, -0.2) is 22.1 Å². The predicted molar refractivity (Wildman–Crippen MR) is 114 cm³/mol. The van der Waals surface area contributed by atoms with Crippen molar-refractivity contribution in [3.05, 3.63) is 53.2 Å². The van der Waals surface area contributed by atoms with Gasteiger partial charge < -0.3 is 4.84 Å². The van der Waals surface area contributed by atoms with Gasteiger partial charge in [0.15, 0.2) is 5.78 Å². The predicted octanol–water partition coefficient (Wildman–Crippen LogP) is 5.82. The van der Waals surface area contributed by atoms with E-state index in [1.807, 2.05) is 37.4 Å². The van der Waals surface area contributed by atoms with Crippen molar-refractivity contribution in [1.29, 1.82) is 0 Å². The van der Waals surface area contributed by atoms with Crippen molar-refractivity contribution in [3.8, 4) is 11.3 Å². The van der Waals surface area contributed by atoms with Crippen molar-refractivity contribution < 1.29 is 9.63 Å². The Morgan fingerprint density at radius 2 is 1.86 bits per heavy atom. The first kappa shape index (κ1) is 20.2. The van der Waals surface area contributed by atoms with Gasteiger partial charge in [0, 0.05) is 35.7 Å². The van der Waals surface area contributed by atoms with Crippen LogP contribution in [-0.2, 0) is 4.84 Å². The molecule has 1 aromatic carbocycles. The number of carbonyl (C=O) groups excluding carboxylic acids is 1. The van der Waals surface area contributed by atoms with Gasteiger partial charge in [0.05, 0.1) is 11.4 Å². The van der Waals surface area contributed by atoms with Crippen LogP contribution >= 0.6 is 0 Å². The van der Waals surface area contributed by atoms with Crippen molar-refractivity contribution in [2.75, 3.05) is 0 Å². The number of rotatable bonds is 6. The number of nitrogens with zero attached hydrogens (tertiary/aromatic N) is 2. The van der Waals surface area contributed by atoms with Gasteiger partial charge in [-0.2, -0.15) is 0 Å². The Balaban J connectivity index is 2.03. The van der Waals surface area contributed by atoms with Gasteiger partial charge in [-0.05, 0) is 55.5 Å². The van der Waals surface area contributed by atoms with Crippen molar-refractivity contribution in [1.82, 2.24) is 4.98 Å². The number of oxime groups is 1. The molecular weight excluding hydrogens is 348 g/mol. The van der Waals surface area contributed by atoms with Gasteiger partial charge in [0.1, 0.15) is 5.60 Å². The van der Waals surface area contributed by atoms with Crippen molar-refractivity contribution in [2.45, 2.75) is 60.0 Å². The Hall–Kier alpha value is -2.49. The zero-order chi connectivity index (χ0) is 20.5. The van der Waals surface area contributed by atoms with Crippen molar-refractivity contribution >= 4 is 11.5 Å². The maximum absolute atomic E-state index is 12.8. The lowest BCUT2D eigenvalue weighted by molar-refractivity contribution is -0.0384. The molecule has 4 nitrogen and oxygen atoms in total. The van der Waals surface area contributed by atoms with Gasteiger partial charge >= 0.3 is 0 Å². The zero-order valence-electron chi connectivity index (χ0n) is 17.7. The first-order chi connectivity index (χ1) is 13.2. The maximum atomic E-state index is 12.8. The van der Waals surface area contributed by atoms with E-state index in [2.05, 4.69) is 50.8 Å². The average molecular weight is 379 g/mol.